The summed E-state index contributed by atoms with van der Waals surface area (Å²) in [6.45, 7) is 4.44. The molecule has 0 radical (unpaired) electrons. The van der Waals surface area contributed by atoms with Crippen LogP contribution in [0.1, 0.15) is 12.6 Å². The van der Waals surface area contributed by atoms with Crippen molar-refractivity contribution in [3.63, 3.8) is 0 Å². The molecule has 0 saturated heterocycles. The van der Waals surface area contributed by atoms with Crippen molar-refractivity contribution in [2.75, 3.05) is 19.6 Å². The zero-order valence-electron chi connectivity index (χ0n) is 9.23. The van der Waals surface area contributed by atoms with Gasteiger partial charge >= 0.3 is 6.03 Å². The monoisotopic (exact) mass is 243 g/mol. The van der Waals surface area contributed by atoms with E-state index in [9.17, 15) is 4.79 Å². The number of rotatable bonds is 6. The molecule has 2 amide bonds. The second-order valence-electron chi connectivity index (χ2n) is 3.20. The third-order valence-corrected chi connectivity index (χ3v) is 2.45. The highest BCUT2D eigenvalue weighted by molar-refractivity contribution is 7.78. The predicted octanol–water partition coefficient (Wildman–Crippen LogP) is 0.376. The summed E-state index contributed by atoms with van der Waals surface area (Å²) in [4.78, 5) is 18.1. The molecule has 3 N–H and O–H groups in total. The predicted molar refractivity (Wildman–Crippen MR) is 65.1 cm³/mol. The Morgan fingerprint density at radius 1 is 1.62 bits per heavy atom. The van der Waals surface area contributed by atoms with Crippen LogP contribution >= 0.6 is 12.8 Å². The molecule has 0 fully saturated rings. The Balaban J connectivity index is 2.02. The highest BCUT2D eigenvalue weighted by Crippen LogP contribution is 1.91. The number of nitrogens with one attached hydrogen (secondary N) is 3. The Labute approximate surface area is 100 Å². The molecule has 0 aliphatic carbocycles. The Bertz CT molecular complexity index is 303. The zero-order chi connectivity index (χ0) is 11.8. The van der Waals surface area contributed by atoms with Crippen LogP contribution in [-0.2, 0) is 6.54 Å². The number of thiol groups is 1. The van der Waals surface area contributed by atoms with Gasteiger partial charge in [-0.05, 0) is 6.92 Å². The van der Waals surface area contributed by atoms with Gasteiger partial charge in [0.2, 0.25) is 0 Å². The molecule has 90 valence electrons. The number of H-pyrrole nitrogens is 1. The molecule has 0 saturated carbocycles. The van der Waals surface area contributed by atoms with Crippen molar-refractivity contribution in [1.29, 1.82) is 0 Å². The maximum atomic E-state index is 11.3. The molecule has 0 atom stereocenters. The lowest BCUT2D eigenvalue weighted by atomic mass is 10.4. The fraction of sp³-hybridized carbons (Fsp3) is 0.556. The minimum absolute atomic E-state index is 0.172. The lowest BCUT2D eigenvalue weighted by Crippen LogP contribution is -2.37. The van der Waals surface area contributed by atoms with Crippen molar-refractivity contribution in [1.82, 2.24) is 24.9 Å². The number of amides is 2. The van der Waals surface area contributed by atoms with Gasteiger partial charge in [0.25, 0.3) is 0 Å². The maximum Gasteiger partial charge on any atom is 0.327 e. The second-order valence-corrected chi connectivity index (χ2v) is 3.68. The zero-order valence-corrected chi connectivity index (χ0v) is 10.1. The van der Waals surface area contributed by atoms with Crippen LogP contribution in [0.4, 0.5) is 4.79 Å². The summed E-state index contributed by atoms with van der Waals surface area (Å²) < 4.78 is 1.33. The number of aromatic amines is 1. The van der Waals surface area contributed by atoms with E-state index in [2.05, 4.69) is 33.4 Å². The first-order chi connectivity index (χ1) is 7.74. The van der Waals surface area contributed by atoms with Crippen molar-refractivity contribution >= 4 is 18.8 Å². The van der Waals surface area contributed by atoms with Crippen LogP contribution in [0, 0.1) is 0 Å². The van der Waals surface area contributed by atoms with E-state index in [1.807, 2.05) is 6.92 Å². The van der Waals surface area contributed by atoms with Gasteiger partial charge in [-0.15, -0.1) is 0 Å². The fourth-order valence-corrected chi connectivity index (χ4v) is 1.17. The van der Waals surface area contributed by atoms with Crippen molar-refractivity contribution < 1.29 is 4.79 Å². The first-order valence-electron chi connectivity index (χ1n) is 5.16. The molecule has 7 heteroatoms. The SMILES string of the molecule is CCN(S)C(=O)NCCNCc1cnc[nH]1. The lowest BCUT2D eigenvalue weighted by Gasteiger charge is -2.13. The minimum atomic E-state index is -0.172. The van der Waals surface area contributed by atoms with Gasteiger partial charge in [-0.3, -0.25) is 4.31 Å². The van der Waals surface area contributed by atoms with Gasteiger partial charge in [-0.2, -0.15) is 0 Å². The molecule has 16 heavy (non-hydrogen) atoms. The van der Waals surface area contributed by atoms with E-state index in [1.54, 1.807) is 12.5 Å². The Kier molecular flexibility index (Phi) is 5.73. The highest BCUT2D eigenvalue weighted by atomic mass is 32.1. The van der Waals surface area contributed by atoms with E-state index in [0.717, 1.165) is 5.69 Å². The molecule has 1 heterocycles. The molecule has 0 aliphatic heterocycles. The van der Waals surface area contributed by atoms with Crippen LogP contribution in [0.5, 0.6) is 0 Å². The van der Waals surface area contributed by atoms with Crippen LogP contribution in [0.3, 0.4) is 0 Å². The number of carbonyl (C=O) groups is 1. The quantitative estimate of drug-likeness (QED) is 0.431. The fourth-order valence-electron chi connectivity index (χ4n) is 1.10. The van der Waals surface area contributed by atoms with E-state index in [1.165, 1.54) is 4.31 Å². The summed E-state index contributed by atoms with van der Waals surface area (Å²) in [6.07, 6.45) is 3.40. The molecule has 0 bridgehead atoms. The van der Waals surface area contributed by atoms with E-state index in [4.69, 9.17) is 0 Å². The van der Waals surface area contributed by atoms with Gasteiger partial charge in [-0.1, -0.05) is 12.8 Å². The summed E-state index contributed by atoms with van der Waals surface area (Å²) in [5.74, 6) is 0. The molecule has 1 aromatic rings. The van der Waals surface area contributed by atoms with E-state index in [0.29, 0.717) is 26.2 Å². The molecular weight excluding hydrogens is 226 g/mol. The standard InChI is InChI=1S/C9H17N5OS/c1-2-14(16)9(15)12-4-3-10-5-8-6-11-7-13-8/h6-7,10,16H,2-5H2,1H3,(H,11,13)(H,12,15). The largest absolute Gasteiger partial charge is 0.347 e. The molecule has 1 rings (SSSR count). The molecule has 6 nitrogen and oxygen atoms in total. The van der Waals surface area contributed by atoms with E-state index >= 15 is 0 Å². The van der Waals surface area contributed by atoms with E-state index < -0.39 is 0 Å². The smallest absolute Gasteiger partial charge is 0.327 e. The average Bonchev–Trinajstić information content (AvgIpc) is 2.80. The number of nitrogens with zero attached hydrogens (tertiary/aromatic N) is 2. The highest BCUT2D eigenvalue weighted by Gasteiger charge is 2.04. The third kappa shape index (κ3) is 4.54. The van der Waals surface area contributed by atoms with Gasteiger partial charge in [-0.25, -0.2) is 9.78 Å². The number of imidazole rings is 1. The number of carbonyl (C=O) groups excluding carboxylic acids is 1. The van der Waals surface area contributed by atoms with Gasteiger partial charge < -0.3 is 15.6 Å². The minimum Gasteiger partial charge on any atom is -0.347 e. The lowest BCUT2D eigenvalue weighted by molar-refractivity contribution is 0.227. The molecular formula is C9H17N5OS. The summed E-state index contributed by atoms with van der Waals surface area (Å²) in [5, 5.41) is 5.91. The number of hydrogen-bond donors (Lipinski definition) is 4. The molecule has 1 aromatic heterocycles. The first-order valence-corrected chi connectivity index (χ1v) is 5.56. The van der Waals surface area contributed by atoms with Gasteiger partial charge in [0.15, 0.2) is 0 Å². The summed E-state index contributed by atoms with van der Waals surface area (Å²) in [5.41, 5.74) is 1.02. The average molecular weight is 243 g/mol. The second kappa shape index (κ2) is 7.13. The van der Waals surface area contributed by atoms with E-state index in [-0.39, 0.29) is 6.03 Å². The maximum absolute atomic E-state index is 11.3. The normalized spacial score (nSPS) is 10.1. The van der Waals surface area contributed by atoms with Crippen LogP contribution < -0.4 is 10.6 Å². The Morgan fingerprint density at radius 2 is 2.44 bits per heavy atom. The van der Waals surface area contributed by atoms with Crippen LogP contribution in [-0.4, -0.2) is 39.9 Å². The number of hydrogen-bond acceptors (Lipinski definition) is 4. The Morgan fingerprint density at radius 3 is 3.06 bits per heavy atom. The van der Waals surface area contributed by atoms with Crippen LogP contribution in [0.15, 0.2) is 12.5 Å². The van der Waals surface area contributed by atoms with Crippen LogP contribution in [0.25, 0.3) is 0 Å². The third-order valence-electron chi connectivity index (χ3n) is 1.98. The van der Waals surface area contributed by atoms with Crippen molar-refractivity contribution in [3.8, 4) is 0 Å². The van der Waals surface area contributed by atoms with Crippen LogP contribution in [0.2, 0.25) is 0 Å². The topological polar surface area (TPSA) is 73.1 Å². The summed E-state index contributed by atoms with van der Waals surface area (Å²) in [7, 11) is 0. The molecule has 0 unspecified atom stereocenters. The summed E-state index contributed by atoms with van der Waals surface area (Å²) >= 11 is 3.99. The number of urea groups is 1. The summed E-state index contributed by atoms with van der Waals surface area (Å²) in [6, 6.07) is -0.172. The van der Waals surface area contributed by atoms with Crippen molar-refractivity contribution in [3.05, 3.63) is 18.2 Å². The van der Waals surface area contributed by atoms with Gasteiger partial charge in [0, 0.05) is 38.1 Å². The molecule has 0 aromatic carbocycles. The molecule has 0 aliphatic rings. The Hall–Kier alpha value is -1.21. The number of aromatic nitrogens is 2. The van der Waals surface area contributed by atoms with Crippen molar-refractivity contribution in [2.45, 2.75) is 13.5 Å². The van der Waals surface area contributed by atoms with Gasteiger partial charge in [0.1, 0.15) is 0 Å². The van der Waals surface area contributed by atoms with Crippen molar-refractivity contribution in [2.24, 2.45) is 0 Å². The first kappa shape index (κ1) is 12.9. The van der Waals surface area contributed by atoms with Gasteiger partial charge in [0.05, 0.1) is 6.33 Å². The molecule has 0 spiro atoms.